The number of ether oxygens (including phenoxy) is 2. The van der Waals surface area contributed by atoms with Crippen LogP contribution in [-0.2, 0) is 11.3 Å². The lowest BCUT2D eigenvalue weighted by atomic mass is 10.1. The summed E-state index contributed by atoms with van der Waals surface area (Å²) < 4.78 is 11.6. The standard InChI is InChI=1S/C24H41N5O2/c1-4-25-24(26-9-10-29-13-11-28(5-2)12-14-29)27-17-22-7-6-20(3)16-23(22)31-19-21-8-15-30-18-21/h6-7,16,21H,4-5,8-15,17-19H2,1-3H3,(H2,25,26,27). The lowest BCUT2D eigenvalue weighted by Gasteiger charge is -2.34. The fourth-order valence-corrected chi connectivity index (χ4v) is 4.02. The SMILES string of the molecule is CCNC(=NCc1ccc(C)cc1OCC1CCOC1)NCCN1CCN(CC)CC1. The van der Waals surface area contributed by atoms with Gasteiger partial charge in [-0.05, 0) is 38.4 Å². The topological polar surface area (TPSA) is 61.4 Å². The molecule has 0 saturated carbocycles. The van der Waals surface area contributed by atoms with Gasteiger partial charge >= 0.3 is 0 Å². The first kappa shape index (κ1) is 23.8. The number of likely N-dealkylation sites (N-methyl/N-ethyl adjacent to an activating group) is 1. The van der Waals surface area contributed by atoms with Crippen LogP contribution in [0.4, 0.5) is 0 Å². The van der Waals surface area contributed by atoms with Crippen molar-refractivity contribution >= 4 is 5.96 Å². The van der Waals surface area contributed by atoms with Gasteiger partial charge in [-0.1, -0.05) is 19.1 Å². The molecule has 31 heavy (non-hydrogen) atoms. The molecule has 1 atom stereocenters. The molecule has 0 amide bonds. The number of hydrogen-bond acceptors (Lipinski definition) is 5. The van der Waals surface area contributed by atoms with E-state index in [1.165, 1.54) is 18.7 Å². The van der Waals surface area contributed by atoms with E-state index in [1.54, 1.807) is 0 Å². The summed E-state index contributed by atoms with van der Waals surface area (Å²) in [5.41, 5.74) is 2.33. The van der Waals surface area contributed by atoms with Crippen molar-refractivity contribution in [3.8, 4) is 5.75 Å². The maximum absolute atomic E-state index is 6.17. The lowest BCUT2D eigenvalue weighted by Crippen LogP contribution is -2.49. The van der Waals surface area contributed by atoms with Gasteiger partial charge in [-0.15, -0.1) is 0 Å². The minimum atomic E-state index is 0.495. The highest BCUT2D eigenvalue weighted by Crippen LogP contribution is 2.23. The van der Waals surface area contributed by atoms with E-state index in [2.05, 4.69) is 59.4 Å². The Morgan fingerprint density at radius 2 is 1.97 bits per heavy atom. The van der Waals surface area contributed by atoms with E-state index >= 15 is 0 Å². The fourth-order valence-electron chi connectivity index (χ4n) is 4.02. The summed E-state index contributed by atoms with van der Waals surface area (Å²) in [4.78, 5) is 9.86. The van der Waals surface area contributed by atoms with E-state index in [4.69, 9.17) is 14.5 Å². The number of nitrogens with zero attached hydrogens (tertiary/aromatic N) is 3. The van der Waals surface area contributed by atoms with Crippen molar-refractivity contribution in [1.82, 2.24) is 20.4 Å². The van der Waals surface area contributed by atoms with E-state index in [-0.39, 0.29) is 0 Å². The summed E-state index contributed by atoms with van der Waals surface area (Å²) in [5, 5.41) is 6.87. The van der Waals surface area contributed by atoms with Crippen molar-refractivity contribution in [1.29, 1.82) is 0 Å². The molecule has 1 unspecified atom stereocenters. The van der Waals surface area contributed by atoms with E-state index in [1.807, 2.05) is 0 Å². The average molecular weight is 432 g/mol. The van der Waals surface area contributed by atoms with Gasteiger partial charge in [0.2, 0.25) is 0 Å². The van der Waals surface area contributed by atoms with Crippen molar-refractivity contribution in [3.05, 3.63) is 29.3 Å². The monoisotopic (exact) mass is 431 g/mol. The Morgan fingerprint density at radius 3 is 2.68 bits per heavy atom. The van der Waals surface area contributed by atoms with Crippen molar-refractivity contribution < 1.29 is 9.47 Å². The third-order valence-electron chi connectivity index (χ3n) is 6.11. The summed E-state index contributed by atoms with van der Waals surface area (Å²) in [6.45, 7) is 18.0. The van der Waals surface area contributed by atoms with Gasteiger partial charge in [-0.2, -0.15) is 0 Å². The van der Waals surface area contributed by atoms with Gasteiger partial charge in [0, 0.05) is 63.9 Å². The second-order valence-corrected chi connectivity index (χ2v) is 8.55. The lowest BCUT2D eigenvalue weighted by molar-refractivity contribution is 0.139. The molecule has 2 fully saturated rings. The van der Waals surface area contributed by atoms with Crippen molar-refractivity contribution in [2.75, 3.05) is 72.2 Å². The first-order valence-electron chi connectivity index (χ1n) is 11.9. The van der Waals surface area contributed by atoms with Gasteiger partial charge in [0.1, 0.15) is 5.75 Å². The normalized spacial score (nSPS) is 20.7. The van der Waals surface area contributed by atoms with Gasteiger partial charge in [-0.3, -0.25) is 4.90 Å². The Hall–Kier alpha value is -1.83. The molecule has 2 heterocycles. The minimum Gasteiger partial charge on any atom is -0.493 e. The van der Waals surface area contributed by atoms with E-state index in [9.17, 15) is 0 Å². The van der Waals surface area contributed by atoms with Crippen LogP contribution >= 0.6 is 0 Å². The number of rotatable bonds is 10. The molecule has 2 aliphatic rings. The number of piperazine rings is 1. The van der Waals surface area contributed by atoms with Crippen LogP contribution in [0.3, 0.4) is 0 Å². The first-order chi connectivity index (χ1) is 15.2. The Bertz CT molecular complexity index is 683. The zero-order valence-corrected chi connectivity index (χ0v) is 19.7. The Labute approximate surface area is 188 Å². The summed E-state index contributed by atoms with van der Waals surface area (Å²) in [6.07, 6.45) is 1.08. The highest BCUT2D eigenvalue weighted by atomic mass is 16.5. The van der Waals surface area contributed by atoms with Crippen LogP contribution in [0.25, 0.3) is 0 Å². The summed E-state index contributed by atoms with van der Waals surface area (Å²) >= 11 is 0. The largest absolute Gasteiger partial charge is 0.493 e. The molecule has 3 rings (SSSR count). The third kappa shape index (κ3) is 7.98. The van der Waals surface area contributed by atoms with E-state index in [0.717, 1.165) is 76.2 Å². The molecule has 7 nitrogen and oxygen atoms in total. The Morgan fingerprint density at radius 1 is 1.16 bits per heavy atom. The molecule has 0 aliphatic carbocycles. The van der Waals surface area contributed by atoms with Crippen LogP contribution in [0.5, 0.6) is 5.75 Å². The number of aliphatic imine (C=N–C) groups is 1. The maximum atomic E-state index is 6.17. The van der Waals surface area contributed by atoms with Gasteiger partial charge < -0.3 is 25.0 Å². The fraction of sp³-hybridized carbons (Fsp3) is 0.708. The van der Waals surface area contributed by atoms with Crippen LogP contribution in [0, 0.1) is 12.8 Å². The molecule has 174 valence electrons. The molecule has 0 spiro atoms. The number of hydrogen-bond donors (Lipinski definition) is 2. The number of nitrogens with one attached hydrogen (secondary N) is 2. The zero-order chi connectivity index (χ0) is 21.9. The molecular weight excluding hydrogens is 390 g/mol. The van der Waals surface area contributed by atoms with Gasteiger partial charge in [0.05, 0.1) is 19.8 Å². The number of benzene rings is 1. The third-order valence-corrected chi connectivity index (χ3v) is 6.11. The van der Waals surface area contributed by atoms with Gasteiger partial charge in [0.15, 0.2) is 5.96 Å². The minimum absolute atomic E-state index is 0.495. The van der Waals surface area contributed by atoms with Crippen LogP contribution in [0.2, 0.25) is 0 Å². The van der Waals surface area contributed by atoms with Crippen molar-refractivity contribution in [3.63, 3.8) is 0 Å². The summed E-state index contributed by atoms with van der Waals surface area (Å²) in [5.74, 6) is 2.31. The predicted molar refractivity (Wildman–Crippen MR) is 127 cm³/mol. The van der Waals surface area contributed by atoms with Crippen molar-refractivity contribution in [2.45, 2.75) is 33.7 Å². The van der Waals surface area contributed by atoms with Crippen LogP contribution in [-0.4, -0.2) is 87.9 Å². The quantitative estimate of drug-likeness (QED) is 0.437. The smallest absolute Gasteiger partial charge is 0.191 e. The molecule has 1 aromatic rings. The molecule has 0 radical (unpaired) electrons. The zero-order valence-electron chi connectivity index (χ0n) is 19.7. The molecule has 2 saturated heterocycles. The molecular formula is C24H41N5O2. The Balaban J connectivity index is 1.50. The highest BCUT2D eigenvalue weighted by Gasteiger charge is 2.17. The van der Waals surface area contributed by atoms with Gasteiger partial charge in [0.25, 0.3) is 0 Å². The predicted octanol–water partition coefficient (Wildman–Crippen LogP) is 2.10. The second-order valence-electron chi connectivity index (χ2n) is 8.55. The van der Waals surface area contributed by atoms with E-state index < -0.39 is 0 Å². The molecule has 0 bridgehead atoms. The maximum Gasteiger partial charge on any atom is 0.191 e. The van der Waals surface area contributed by atoms with Gasteiger partial charge in [-0.25, -0.2) is 4.99 Å². The molecule has 2 aliphatic heterocycles. The first-order valence-corrected chi connectivity index (χ1v) is 11.9. The van der Waals surface area contributed by atoms with Crippen molar-refractivity contribution in [2.24, 2.45) is 10.9 Å². The number of guanidine groups is 1. The molecule has 2 N–H and O–H groups in total. The summed E-state index contributed by atoms with van der Waals surface area (Å²) in [6, 6.07) is 6.39. The highest BCUT2D eigenvalue weighted by molar-refractivity contribution is 5.79. The second kappa shape index (κ2) is 12.9. The Kier molecular flexibility index (Phi) is 9.90. The van der Waals surface area contributed by atoms with E-state index in [0.29, 0.717) is 19.1 Å². The van der Waals surface area contributed by atoms with Crippen LogP contribution in [0.1, 0.15) is 31.4 Å². The van der Waals surface area contributed by atoms with Crippen LogP contribution in [0.15, 0.2) is 23.2 Å². The van der Waals surface area contributed by atoms with Crippen LogP contribution < -0.4 is 15.4 Å². The number of aryl methyl sites for hydroxylation is 1. The summed E-state index contributed by atoms with van der Waals surface area (Å²) in [7, 11) is 0. The molecule has 1 aromatic carbocycles. The molecule has 0 aromatic heterocycles. The average Bonchev–Trinajstić information content (AvgIpc) is 3.31. The molecule has 7 heteroatoms.